The molecule has 3 aromatic rings. The number of ether oxygens (including phenoxy) is 1. The highest BCUT2D eigenvalue weighted by atomic mass is 19.3. The first kappa shape index (κ1) is 19.2. The SMILES string of the molecule is CC(C)C[C@](C)(N)COc1ccc(-c2ccnc3ccoc23)nc1C(F)F. The summed E-state index contributed by atoms with van der Waals surface area (Å²) in [4.78, 5) is 8.30. The van der Waals surface area contributed by atoms with Gasteiger partial charge in [-0.3, -0.25) is 4.98 Å². The van der Waals surface area contributed by atoms with Crippen LogP contribution in [0.5, 0.6) is 5.75 Å². The van der Waals surface area contributed by atoms with Gasteiger partial charge >= 0.3 is 0 Å². The van der Waals surface area contributed by atoms with E-state index in [4.69, 9.17) is 14.9 Å². The Morgan fingerprint density at radius 2 is 2.00 bits per heavy atom. The van der Waals surface area contributed by atoms with Crippen molar-refractivity contribution in [1.82, 2.24) is 9.97 Å². The van der Waals surface area contributed by atoms with Crippen molar-refractivity contribution in [3.8, 4) is 17.0 Å². The Labute approximate surface area is 156 Å². The number of rotatable bonds is 7. The summed E-state index contributed by atoms with van der Waals surface area (Å²) in [6.45, 7) is 6.08. The largest absolute Gasteiger partial charge is 0.490 e. The van der Waals surface area contributed by atoms with E-state index in [1.807, 2.05) is 6.92 Å². The molecule has 0 fully saturated rings. The zero-order valence-electron chi connectivity index (χ0n) is 15.6. The smallest absolute Gasteiger partial charge is 0.284 e. The molecule has 144 valence electrons. The molecular formula is C20H23F2N3O2. The second kappa shape index (κ2) is 7.60. The monoisotopic (exact) mass is 375 g/mol. The molecule has 3 rings (SSSR count). The van der Waals surface area contributed by atoms with E-state index in [9.17, 15) is 8.78 Å². The molecule has 5 nitrogen and oxygen atoms in total. The number of hydrogen-bond donors (Lipinski definition) is 1. The maximum Gasteiger partial charge on any atom is 0.284 e. The molecule has 0 bridgehead atoms. The van der Waals surface area contributed by atoms with Crippen LogP contribution >= 0.6 is 0 Å². The number of pyridine rings is 2. The predicted octanol–water partition coefficient (Wildman–Crippen LogP) is 4.97. The van der Waals surface area contributed by atoms with Crippen molar-refractivity contribution in [2.75, 3.05) is 6.61 Å². The topological polar surface area (TPSA) is 74.2 Å². The van der Waals surface area contributed by atoms with Crippen LogP contribution in [0.2, 0.25) is 0 Å². The summed E-state index contributed by atoms with van der Waals surface area (Å²) in [5.74, 6) is 0.417. The van der Waals surface area contributed by atoms with Crippen molar-refractivity contribution >= 4 is 11.1 Å². The molecule has 1 atom stereocenters. The quantitative estimate of drug-likeness (QED) is 0.631. The minimum atomic E-state index is -2.77. The summed E-state index contributed by atoms with van der Waals surface area (Å²) in [7, 11) is 0. The number of nitrogens with two attached hydrogens (primary N) is 1. The molecule has 0 saturated heterocycles. The zero-order valence-corrected chi connectivity index (χ0v) is 15.6. The molecule has 7 heteroatoms. The van der Waals surface area contributed by atoms with Gasteiger partial charge in [0, 0.05) is 23.4 Å². The third-order valence-corrected chi connectivity index (χ3v) is 4.14. The van der Waals surface area contributed by atoms with E-state index < -0.39 is 17.7 Å². The summed E-state index contributed by atoms with van der Waals surface area (Å²) >= 11 is 0. The molecule has 0 unspecified atom stereocenters. The summed E-state index contributed by atoms with van der Waals surface area (Å²) in [6.07, 6.45) is 1.04. The molecular weight excluding hydrogens is 352 g/mol. The molecule has 0 radical (unpaired) electrons. The van der Waals surface area contributed by atoms with Crippen molar-refractivity contribution in [2.45, 2.75) is 39.2 Å². The molecule has 0 aliphatic heterocycles. The van der Waals surface area contributed by atoms with Gasteiger partial charge in [0.25, 0.3) is 6.43 Å². The molecule has 0 aliphatic rings. The molecule has 3 aromatic heterocycles. The highest BCUT2D eigenvalue weighted by molar-refractivity contribution is 5.88. The van der Waals surface area contributed by atoms with E-state index in [-0.39, 0.29) is 12.4 Å². The van der Waals surface area contributed by atoms with E-state index in [0.717, 1.165) is 6.42 Å². The Bertz CT molecular complexity index is 922. The first-order valence-corrected chi connectivity index (χ1v) is 8.80. The molecule has 2 N–H and O–H groups in total. The Morgan fingerprint density at radius 3 is 2.70 bits per heavy atom. The lowest BCUT2D eigenvalue weighted by molar-refractivity contribution is 0.134. The van der Waals surface area contributed by atoms with Gasteiger partial charge in [-0.2, -0.15) is 0 Å². The van der Waals surface area contributed by atoms with Crippen LogP contribution in [0.1, 0.15) is 39.3 Å². The number of nitrogens with zero attached hydrogens (tertiary/aromatic N) is 2. The number of halogens is 2. The lowest BCUT2D eigenvalue weighted by atomic mass is 9.93. The highest BCUT2D eigenvalue weighted by Gasteiger charge is 2.24. The summed E-state index contributed by atoms with van der Waals surface area (Å²) in [6, 6.07) is 6.53. The van der Waals surface area contributed by atoms with Crippen molar-refractivity contribution in [1.29, 1.82) is 0 Å². The van der Waals surface area contributed by atoms with Crippen LogP contribution in [0.25, 0.3) is 22.4 Å². The fourth-order valence-electron chi connectivity index (χ4n) is 3.20. The summed E-state index contributed by atoms with van der Waals surface area (Å²) in [5.41, 5.74) is 7.30. The fourth-order valence-corrected chi connectivity index (χ4v) is 3.20. The number of aromatic nitrogens is 2. The van der Waals surface area contributed by atoms with Crippen molar-refractivity contribution in [2.24, 2.45) is 11.7 Å². The minimum absolute atomic E-state index is 0.0407. The molecule has 0 spiro atoms. The van der Waals surface area contributed by atoms with Crippen molar-refractivity contribution in [3.05, 3.63) is 42.4 Å². The van der Waals surface area contributed by atoms with E-state index in [2.05, 4.69) is 23.8 Å². The van der Waals surface area contributed by atoms with Crippen LogP contribution < -0.4 is 10.5 Å². The number of furan rings is 1. The Balaban J connectivity index is 1.91. The van der Waals surface area contributed by atoms with Crippen LogP contribution in [0.15, 0.2) is 41.1 Å². The standard InChI is InChI=1S/C20H23F2N3O2/c1-12(2)10-20(3,23)11-27-16-5-4-14(25-17(16)19(21)22)13-6-8-24-15-7-9-26-18(13)15/h4-9,12,19H,10-11,23H2,1-3H3/t20-/m0/s1. The molecule has 0 aliphatic carbocycles. The first-order valence-electron chi connectivity index (χ1n) is 8.80. The fraction of sp³-hybridized carbons (Fsp3) is 0.400. The second-order valence-corrected chi connectivity index (χ2v) is 7.41. The third kappa shape index (κ3) is 4.42. The van der Waals surface area contributed by atoms with Gasteiger partial charge in [-0.1, -0.05) is 13.8 Å². The van der Waals surface area contributed by atoms with Gasteiger partial charge < -0.3 is 14.9 Å². The Kier molecular flexibility index (Phi) is 5.41. The average Bonchev–Trinajstić information content (AvgIpc) is 3.07. The van der Waals surface area contributed by atoms with Crippen LogP contribution in [-0.2, 0) is 0 Å². The molecule has 27 heavy (non-hydrogen) atoms. The van der Waals surface area contributed by atoms with Gasteiger partial charge in [-0.05, 0) is 37.5 Å². The first-order chi connectivity index (χ1) is 12.8. The zero-order chi connectivity index (χ0) is 19.6. The Morgan fingerprint density at radius 1 is 1.22 bits per heavy atom. The number of alkyl halides is 2. The number of hydrogen-bond acceptors (Lipinski definition) is 5. The van der Waals surface area contributed by atoms with Crippen molar-refractivity contribution < 1.29 is 17.9 Å². The lowest BCUT2D eigenvalue weighted by Gasteiger charge is -2.27. The van der Waals surface area contributed by atoms with Crippen LogP contribution in [0, 0.1) is 5.92 Å². The average molecular weight is 375 g/mol. The van der Waals surface area contributed by atoms with E-state index in [1.54, 1.807) is 24.4 Å². The van der Waals surface area contributed by atoms with Gasteiger partial charge in [-0.15, -0.1) is 0 Å². The van der Waals surface area contributed by atoms with E-state index >= 15 is 0 Å². The number of fused-ring (bicyclic) bond motifs is 1. The minimum Gasteiger partial charge on any atom is -0.490 e. The van der Waals surface area contributed by atoms with Crippen molar-refractivity contribution in [3.63, 3.8) is 0 Å². The van der Waals surface area contributed by atoms with Gasteiger partial charge in [0.05, 0.1) is 12.0 Å². The normalized spacial score (nSPS) is 14.1. The molecule has 0 amide bonds. The molecule has 3 heterocycles. The summed E-state index contributed by atoms with van der Waals surface area (Å²) in [5, 5.41) is 0. The highest BCUT2D eigenvalue weighted by Crippen LogP contribution is 2.33. The van der Waals surface area contributed by atoms with Gasteiger partial charge in [0.15, 0.2) is 5.58 Å². The van der Waals surface area contributed by atoms with E-state index in [0.29, 0.717) is 28.3 Å². The van der Waals surface area contributed by atoms with Crippen LogP contribution in [-0.4, -0.2) is 22.1 Å². The predicted molar refractivity (Wildman–Crippen MR) is 99.7 cm³/mol. The van der Waals surface area contributed by atoms with Crippen LogP contribution in [0.3, 0.4) is 0 Å². The summed E-state index contributed by atoms with van der Waals surface area (Å²) < 4.78 is 38.2. The van der Waals surface area contributed by atoms with Crippen LogP contribution in [0.4, 0.5) is 8.78 Å². The van der Waals surface area contributed by atoms with Gasteiger partial charge in [-0.25, -0.2) is 13.8 Å². The second-order valence-electron chi connectivity index (χ2n) is 7.41. The Hall–Kier alpha value is -2.54. The van der Waals surface area contributed by atoms with Gasteiger partial charge in [0.1, 0.15) is 23.6 Å². The maximum atomic E-state index is 13.6. The lowest BCUT2D eigenvalue weighted by Crippen LogP contribution is -2.43. The molecule has 0 aromatic carbocycles. The van der Waals surface area contributed by atoms with Gasteiger partial charge in [0.2, 0.25) is 0 Å². The molecule has 0 saturated carbocycles. The third-order valence-electron chi connectivity index (χ3n) is 4.14. The maximum absolute atomic E-state index is 13.6. The van der Waals surface area contributed by atoms with E-state index in [1.165, 1.54) is 12.3 Å².